The summed E-state index contributed by atoms with van der Waals surface area (Å²) < 4.78 is 11.9. The van der Waals surface area contributed by atoms with Gasteiger partial charge in [0.2, 0.25) is 5.91 Å². The largest absolute Gasteiger partial charge is 0.491 e. The number of likely N-dealkylation sites (N-methyl/N-ethyl adjacent to an activating group) is 1. The van der Waals surface area contributed by atoms with Crippen molar-refractivity contribution in [2.24, 2.45) is 0 Å². The van der Waals surface area contributed by atoms with Crippen LogP contribution in [0.25, 0.3) is 22.2 Å². The summed E-state index contributed by atoms with van der Waals surface area (Å²) in [7, 11) is 0. The summed E-state index contributed by atoms with van der Waals surface area (Å²) in [4.78, 5) is 33.8. The Morgan fingerprint density at radius 3 is 2.84 bits per heavy atom. The van der Waals surface area contributed by atoms with Gasteiger partial charge in [-0.25, -0.2) is 15.0 Å². The minimum atomic E-state index is -0.147. The highest BCUT2D eigenvalue weighted by Gasteiger charge is 2.32. The fourth-order valence-electron chi connectivity index (χ4n) is 4.95. The topological polar surface area (TPSA) is 114 Å². The van der Waals surface area contributed by atoms with Crippen LogP contribution in [0.5, 0.6) is 5.75 Å². The van der Waals surface area contributed by atoms with E-state index >= 15 is 0 Å². The van der Waals surface area contributed by atoms with E-state index in [1.165, 1.54) is 0 Å². The molecule has 0 unspecified atom stereocenters. The summed E-state index contributed by atoms with van der Waals surface area (Å²) in [6, 6.07) is 3.91. The Kier molecular flexibility index (Phi) is 8.05. The molecule has 2 aromatic heterocycles. The normalized spacial score (nSPS) is 20.6. The summed E-state index contributed by atoms with van der Waals surface area (Å²) in [5.41, 5.74) is 3.14. The van der Waals surface area contributed by atoms with Crippen molar-refractivity contribution in [2.45, 2.75) is 58.2 Å². The molecule has 1 saturated heterocycles. The van der Waals surface area contributed by atoms with Gasteiger partial charge in [-0.2, -0.15) is 0 Å². The fourth-order valence-corrected chi connectivity index (χ4v) is 4.95. The zero-order valence-electron chi connectivity index (χ0n) is 21.6. The number of aromatic nitrogens is 4. The van der Waals surface area contributed by atoms with Gasteiger partial charge in [-0.15, -0.1) is 0 Å². The predicted octanol–water partition coefficient (Wildman–Crippen LogP) is 3.18. The second kappa shape index (κ2) is 11.8. The van der Waals surface area contributed by atoms with Crippen molar-refractivity contribution < 1.29 is 14.3 Å². The number of benzene rings is 1. The zero-order valence-corrected chi connectivity index (χ0v) is 21.6. The van der Waals surface area contributed by atoms with Crippen molar-refractivity contribution in [2.75, 3.05) is 38.2 Å². The first kappa shape index (κ1) is 25.3. The third-order valence-corrected chi connectivity index (χ3v) is 6.91. The molecule has 4 bridgehead atoms. The van der Waals surface area contributed by atoms with E-state index < -0.39 is 0 Å². The highest BCUT2D eigenvalue weighted by atomic mass is 16.5. The Labute approximate surface area is 217 Å². The van der Waals surface area contributed by atoms with Crippen LogP contribution >= 0.6 is 0 Å². The number of hydrogen-bond donors (Lipinski definition) is 2. The first-order valence-corrected chi connectivity index (χ1v) is 13.3. The minimum absolute atomic E-state index is 0.0770. The summed E-state index contributed by atoms with van der Waals surface area (Å²) in [5, 5.41) is 6.64. The number of carbonyl (C=O) groups is 1. The molecule has 37 heavy (non-hydrogen) atoms. The maximum atomic E-state index is 13.0. The van der Waals surface area contributed by atoms with Crippen molar-refractivity contribution in [3.63, 3.8) is 0 Å². The standard InChI is InChI=1S/C27H35N7O3/c1-3-11-36-17-24-30-14-18(15-31-24)20-6-7-21-25-26(20)37-12-5-9-28-27(35)22-13-19(8-10-34(22)4-2)32-23(33-25)16-29-21/h6-7,14-16,19,22H,3-5,8-13,17H2,1-2H3,(H,28,35)(H,32,33)/t19-,22-/m0/s1. The van der Waals surface area contributed by atoms with Crippen LogP contribution in [0.3, 0.4) is 0 Å². The Bertz CT molecular complexity index is 1220. The van der Waals surface area contributed by atoms with E-state index in [0.717, 1.165) is 49.0 Å². The molecule has 1 amide bonds. The van der Waals surface area contributed by atoms with Crippen LogP contribution in [0.1, 0.15) is 45.4 Å². The first-order valence-electron chi connectivity index (χ1n) is 13.3. The fraction of sp³-hybridized carbons (Fsp3) is 0.519. The lowest BCUT2D eigenvalue weighted by molar-refractivity contribution is -0.127. The first-order chi connectivity index (χ1) is 18.2. The highest BCUT2D eigenvalue weighted by molar-refractivity contribution is 5.90. The van der Waals surface area contributed by atoms with Crippen LogP contribution in [0.15, 0.2) is 30.7 Å². The van der Waals surface area contributed by atoms with E-state index in [1.54, 1.807) is 18.6 Å². The highest BCUT2D eigenvalue weighted by Crippen LogP contribution is 2.36. The minimum Gasteiger partial charge on any atom is -0.491 e. The number of amides is 1. The molecule has 5 rings (SSSR count). The van der Waals surface area contributed by atoms with E-state index in [-0.39, 0.29) is 18.0 Å². The second-order valence-corrected chi connectivity index (χ2v) is 9.51. The summed E-state index contributed by atoms with van der Waals surface area (Å²) in [5.74, 6) is 2.05. The van der Waals surface area contributed by atoms with E-state index in [1.807, 2.05) is 12.1 Å². The molecule has 3 aromatic rings. The molecule has 10 heteroatoms. The van der Waals surface area contributed by atoms with Gasteiger partial charge in [-0.1, -0.05) is 13.8 Å². The van der Waals surface area contributed by atoms with Gasteiger partial charge < -0.3 is 20.1 Å². The molecule has 4 heterocycles. The molecular weight excluding hydrogens is 470 g/mol. The molecule has 2 aliphatic heterocycles. The molecule has 2 N–H and O–H groups in total. The van der Waals surface area contributed by atoms with Gasteiger partial charge in [0, 0.05) is 49.3 Å². The van der Waals surface area contributed by atoms with Gasteiger partial charge in [-0.3, -0.25) is 14.7 Å². The molecule has 1 fully saturated rings. The third-order valence-electron chi connectivity index (χ3n) is 6.91. The van der Waals surface area contributed by atoms with Crippen LogP contribution < -0.4 is 15.4 Å². The maximum Gasteiger partial charge on any atom is 0.237 e. The molecular formula is C27H35N7O3. The van der Waals surface area contributed by atoms with Crippen molar-refractivity contribution in [1.29, 1.82) is 0 Å². The zero-order chi connectivity index (χ0) is 25.6. The Morgan fingerprint density at radius 2 is 2.03 bits per heavy atom. The van der Waals surface area contributed by atoms with E-state index in [9.17, 15) is 4.79 Å². The summed E-state index contributed by atoms with van der Waals surface area (Å²) >= 11 is 0. The van der Waals surface area contributed by atoms with Crippen LogP contribution in [0.4, 0.5) is 5.82 Å². The Balaban J connectivity index is 1.47. The van der Waals surface area contributed by atoms with Crippen LogP contribution in [0, 0.1) is 0 Å². The average molecular weight is 506 g/mol. The molecule has 2 atom stereocenters. The van der Waals surface area contributed by atoms with Crippen molar-refractivity contribution >= 4 is 22.8 Å². The molecule has 0 saturated carbocycles. The van der Waals surface area contributed by atoms with Crippen LogP contribution in [-0.2, 0) is 16.1 Å². The Morgan fingerprint density at radius 1 is 1.16 bits per heavy atom. The molecule has 10 nitrogen and oxygen atoms in total. The monoisotopic (exact) mass is 505 g/mol. The molecule has 0 aliphatic carbocycles. The number of ether oxygens (including phenoxy) is 2. The quantitative estimate of drug-likeness (QED) is 0.488. The Hall–Kier alpha value is -3.37. The average Bonchev–Trinajstić information content (AvgIpc) is 2.93. The van der Waals surface area contributed by atoms with Crippen LogP contribution in [-0.4, -0.2) is 75.7 Å². The van der Waals surface area contributed by atoms with E-state index in [4.69, 9.17) is 14.5 Å². The molecule has 0 radical (unpaired) electrons. The number of fused-ring (bicyclic) bond motifs is 3. The number of nitrogens with one attached hydrogen (secondary N) is 2. The van der Waals surface area contributed by atoms with Gasteiger partial charge in [0.1, 0.15) is 17.9 Å². The molecule has 2 aliphatic rings. The number of carbonyl (C=O) groups excluding carboxylic acids is 1. The lowest BCUT2D eigenvalue weighted by atomic mass is 9.96. The number of likely N-dealkylation sites (tertiary alicyclic amines) is 1. The molecule has 196 valence electrons. The molecule has 0 spiro atoms. The number of nitrogens with zero attached hydrogens (tertiary/aromatic N) is 5. The van der Waals surface area contributed by atoms with Crippen LogP contribution in [0.2, 0.25) is 0 Å². The lowest BCUT2D eigenvalue weighted by Crippen LogP contribution is -2.53. The van der Waals surface area contributed by atoms with Gasteiger partial charge in [-0.05, 0) is 44.4 Å². The third kappa shape index (κ3) is 5.80. The second-order valence-electron chi connectivity index (χ2n) is 9.51. The lowest BCUT2D eigenvalue weighted by Gasteiger charge is -2.38. The number of anilines is 1. The predicted molar refractivity (Wildman–Crippen MR) is 141 cm³/mol. The number of rotatable bonds is 6. The van der Waals surface area contributed by atoms with Crippen molar-refractivity contribution in [3.05, 3.63) is 36.5 Å². The maximum absolute atomic E-state index is 13.0. The van der Waals surface area contributed by atoms with Gasteiger partial charge in [0.15, 0.2) is 11.6 Å². The van der Waals surface area contributed by atoms with Crippen molar-refractivity contribution in [1.82, 2.24) is 30.2 Å². The SMILES string of the molecule is CCCOCc1ncc(-c2ccc3ncc4nc3c2OCCCNC(=O)[C@@H]2C[C@H](CCN2CC)N4)cn1. The number of piperidine rings is 1. The van der Waals surface area contributed by atoms with Gasteiger partial charge >= 0.3 is 0 Å². The van der Waals surface area contributed by atoms with Gasteiger partial charge in [0.05, 0.1) is 24.4 Å². The smallest absolute Gasteiger partial charge is 0.237 e. The van der Waals surface area contributed by atoms with E-state index in [0.29, 0.717) is 55.7 Å². The summed E-state index contributed by atoms with van der Waals surface area (Å²) in [6.07, 6.45) is 8.64. The van der Waals surface area contributed by atoms with E-state index in [2.05, 4.69) is 44.3 Å². The van der Waals surface area contributed by atoms with Crippen molar-refractivity contribution in [3.8, 4) is 16.9 Å². The molecule has 1 aromatic carbocycles. The number of hydrogen-bond acceptors (Lipinski definition) is 9. The van der Waals surface area contributed by atoms with Gasteiger partial charge in [0.25, 0.3) is 0 Å². The summed E-state index contributed by atoms with van der Waals surface area (Å²) in [6.45, 7) is 7.95.